The van der Waals surface area contributed by atoms with Crippen LogP contribution in [0.15, 0.2) is 72.9 Å². The van der Waals surface area contributed by atoms with E-state index in [1.165, 1.54) is 25.3 Å². The van der Waals surface area contributed by atoms with Crippen molar-refractivity contribution in [2.24, 2.45) is 11.8 Å². The summed E-state index contributed by atoms with van der Waals surface area (Å²) in [4.78, 5) is 55.8. The molecule has 3 aromatic carbocycles. The fourth-order valence-electron chi connectivity index (χ4n) is 5.97. The molecule has 0 radical (unpaired) electrons. The number of hydrogen-bond acceptors (Lipinski definition) is 7. The van der Waals surface area contributed by atoms with Gasteiger partial charge in [0.15, 0.2) is 5.78 Å². The van der Waals surface area contributed by atoms with E-state index >= 15 is 0 Å². The second kappa shape index (κ2) is 8.65. The van der Waals surface area contributed by atoms with Crippen molar-refractivity contribution in [3.63, 3.8) is 0 Å². The summed E-state index contributed by atoms with van der Waals surface area (Å²) >= 11 is 0. The Morgan fingerprint density at radius 2 is 1.68 bits per heavy atom. The summed E-state index contributed by atoms with van der Waals surface area (Å²) in [7, 11) is 1.53. The first-order chi connectivity index (χ1) is 18.3. The van der Waals surface area contributed by atoms with Gasteiger partial charge in [0.1, 0.15) is 11.8 Å². The minimum absolute atomic E-state index is 0.172. The number of hydrogen-bond donors (Lipinski definition) is 0. The number of ketones is 1. The summed E-state index contributed by atoms with van der Waals surface area (Å²) in [5.41, 5.74) is 2.67. The van der Waals surface area contributed by atoms with Gasteiger partial charge in [-0.25, -0.2) is 4.90 Å². The highest BCUT2D eigenvalue weighted by Crippen LogP contribution is 2.54. The average Bonchev–Trinajstić information content (AvgIpc) is 3.41. The van der Waals surface area contributed by atoms with E-state index in [1.807, 2.05) is 35.2 Å². The summed E-state index contributed by atoms with van der Waals surface area (Å²) in [5, 5.41) is 11.5. The fourth-order valence-corrected chi connectivity index (χ4v) is 5.97. The first kappa shape index (κ1) is 23.6. The van der Waals surface area contributed by atoms with Crippen LogP contribution in [0.3, 0.4) is 0 Å². The second-order valence-electron chi connectivity index (χ2n) is 9.67. The minimum Gasteiger partial charge on any atom is -0.497 e. The number of anilines is 1. The number of nitro benzene ring substituents is 1. The molecule has 0 aliphatic carbocycles. The lowest BCUT2D eigenvalue weighted by molar-refractivity contribution is -0.384. The summed E-state index contributed by atoms with van der Waals surface area (Å²) in [5.74, 6) is -2.48. The Balaban J connectivity index is 1.49. The topological polar surface area (TPSA) is 110 Å². The SMILES string of the molecule is COc1ccc(C(=O)C2C3C(=O)N(c4cc([N+](=O)[O-])ccc4C)C(=O)C3C3c4ccccc4C=CN23)cc1. The van der Waals surface area contributed by atoms with E-state index in [2.05, 4.69) is 0 Å². The van der Waals surface area contributed by atoms with Gasteiger partial charge >= 0.3 is 0 Å². The quantitative estimate of drug-likeness (QED) is 0.218. The predicted octanol–water partition coefficient (Wildman–Crippen LogP) is 4.31. The molecule has 0 spiro atoms. The Hall–Kier alpha value is -4.79. The van der Waals surface area contributed by atoms with Gasteiger partial charge < -0.3 is 9.64 Å². The first-order valence-corrected chi connectivity index (χ1v) is 12.2. The molecular formula is C29H23N3O6. The third-order valence-corrected chi connectivity index (χ3v) is 7.75. The molecule has 2 saturated heterocycles. The number of Topliss-reactive ketones (excluding diaryl/α,β-unsaturated/α-hetero) is 1. The Morgan fingerprint density at radius 1 is 0.974 bits per heavy atom. The van der Waals surface area contributed by atoms with E-state index in [-0.39, 0.29) is 17.2 Å². The molecule has 3 aliphatic rings. The molecule has 6 rings (SSSR count). The number of non-ortho nitro benzene ring substituents is 1. The van der Waals surface area contributed by atoms with Crippen LogP contribution in [0.2, 0.25) is 0 Å². The van der Waals surface area contributed by atoms with Crippen molar-refractivity contribution >= 4 is 35.0 Å². The van der Waals surface area contributed by atoms with Gasteiger partial charge in [-0.2, -0.15) is 0 Å². The maximum atomic E-state index is 14.0. The molecule has 4 unspecified atom stereocenters. The molecule has 3 aromatic rings. The van der Waals surface area contributed by atoms with Crippen LogP contribution in [-0.4, -0.2) is 40.6 Å². The molecule has 2 fully saturated rings. The van der Waals surface area contributed by atoms with Gasteiger partial charge in [-0.05, 0) is 54.0 Å². The van der Waals surface area contributed by atoms with E-state index in [1.54, 1.807) is 37.4 Å². The number of methoxy groups -OCH3 is 1. The van der Waals surface area contributed by atoms with E-state index in [9.17, 15) is 24.5 Å². The number of fused-ring (bicyclic) bond motifs is 5. The zero-order valence-corrected chi connectivity index (χ0v) is 20.6. The molecule has 190 valence electrons. The van der Waals surface area contributed by atoms with Crippen LogP contribution in [0.25, 0.3) is 6.08 Å². The molecule has 3 aliphatic heterocycles. The highest BCUT2D eigenvalue weighted by atomic mass is 16.6. The molecule has 0 N–H and O–H groups in total. The number of imide groups is 1. The van der Waals surface area contributed by atoms with E-state index in [0.29, 0.717) is 16.9 Å². The summed E-state index contributed by atoms with van der Waals surface area (Å²) in [6, 6.07) is 16.9. The van der Waals surface area contributed by atoms with Gasteiger partial charge in [-0.3, -0.25) is 24.5 Å². The molecule has 4 atom stereocenters. The molecule has 9 nitrogen and oxygen atoms in total. The van der Waals surface area contributed by atoms with E-state index in [4.69, 9.17) is 4.74 Å². The smallest absolute Gasteiger partial charge is 0.271 e. The highest BCUT2D eigenvalue weighted by molar-refractivity contribution is 6.25. The lowest BCUT2D eigenvalue weighted by Gasteiger charge is -2.35. The first-order valence-electron chi connectivity index (χ1n) is 12.2. The second-order valence-corrected chi connectivity index (χ2v) is 9.67. The molecule has 0 saturated carbocycles. The summed E-state index contributed by atoms with van der Waals surface area (Å²) in [6.07, 6.45) is 3.68. The Labute approximate surface area is 218 Å². The summed E-state index contributed by atoms with van der Waals surface area (Å²) < 4.78 is 5.21. The van der Waals surface area contributed by atoms with Gasteiger partial charge in [-0.15, -0.1) is 0 Å². The monoisotopic (exact) mass is 509 g/mol. The van der Waals surface area contributed by atoms with Gasteiger partial charge in [0, 0.05) is 23.9 Å². The molecular weight excluding hydrogens is 486 g/mol. The number of nitro groups is 1. The van der Waals surface area contributed by atoms with Gasteiger partial charge in [0.05, 0.1) is 35.6 Å². The zero-order chi connectivity index (χ0) is 26.7. The van der Waals surface area contributed by atoms with E-state index in [0.717, 1.165) is 16.0 Å². The number of rotatable bonds is 5. The molecule has 38 heavy (non-hydrogen) atoms. The van der Waals surface area contributed by atoms with Crippen LogP contribution in [0, 0.1) is 28.9 Å². The average molecular weight is 510 g/mol. The normalized spacial score (nSPS) is 23.2. The van der Waals surface area contributed by atoms with Crippen molar-refractivity contribution in [1.82, 2.24) is 4.90 Å². The van der Waals surface area contributed by atoms with Crippen LogP contribution in [-0.2, 0) is 9.59 Å². The maximum absolute atomic E-state index is 14.0. The van der Waals surface area contributed by atoms with Crippen LogP contribution in [0.5, 0.6) is 5.75 Å². The standard InChI is InChI=1S/C29H23N3O6/c1-16-7-10-19(32(36)37)15-22(16)31-28(34)23-24(29(31)35)26(27(33)18-8-11-20(38-2)12-9-18)30-14-13-17-5-3-4-6-21(17)25(23)30/h3-15,23-26H,1-2H3. The molecule has 3 heterocycles. The Kier molecular flexibility index (Phi) is 5.37. The number of aryl methyl sites for hydroxylation is 1. The number of carbonyl (C=O) groups excluding carboxylic acids is 3. The third kappa shape index (κ3) is 3.35. The largest absolute Gasteiger partial charge is 0.497 e. The van der Waals surface area contributed by atoms with Crippen molar-refractivity contribution in [1.29, 1.82) is 0 Å². The molecule has 0 bridgehead atoms. The van der Waals surface area contributed by atoms with Crippen molar-refractivity contribution in [2.75, 3.05) is 12.0 Å². The zero-order valence-electron chi connectivity index (χ0n) is 20.6. The molecule has 9 heteroatoms. The van der Waals surface area contributed by atoms with E-state index < -0.39 is 40.7 Å². The maximum Gasteiger partial charge on any atom is 0.271 e. The van der Waals surface area contributed by atoms with Gasteiger partial charge in [-0.1, -0.05) is 30.3 Å². The van der Waals surface area contributed by atoms with Crippen molar-refractivity contribution in [3.05, 3.63) is 105 Å². The number of benzene rings is 3. The van der Waals surface area contributed by atoms with Crippen molar-refractivity contribution in [3.8, 4) is 5.75 Å². The Bertz CT molecular complexity index is 1550. The molecule has 2 amide bonds. The number of nitrogens with zero attached hydrogens (tertiary/aromatic N) is 3. The van der Waals surface area contributed by atoms with Gasteiger partial charge in [0.2, 0.25) is 11.8 Å². The minimum atomic E-state index is -0.962. The van der Waals surface area contributed by atoms with Crippen molar-refractivity contribution in [2.45, 2.75) is 19.0 Å². The fraction of sp³-hybridized carbons (Fsp3) is 0.207. The predicted molar refractivity (Wildman–Crippen MR) is 138 cm³/mol. The number of amides is 2. The number of carbonyl (C=O) groups is 3. The lowest BCUT2D eigenvalue weighted by atomic mass is 9.83. The summed E-state index contributed by atoms with van der Waals surface area (Å²) in [6.45, 7) is 1.69. The van der Waals surface area contributed by atoms with Crippen LogP contribution >= 0.6 is 0 Å². The van der Waals surface area contributed by atoms with Crippen molar-refractivity contribution < 1.29 is 24.0 Å². The van der Waals surface area contributed by atoms with Crippen LogP contribution in [0.1, 0.15) is 33.1 Å². The van der Waals surface area contributed by atoms with Crippen LogP contribution < -0.4 is 9.64 Å². The van der Waals surface area contributed by atoms with Gasteiger partial charge in [0.25, 0.3) is 5.69 Å². The highest BCUT2D eigenvalue weighted by Gasteiger charge is 2.64. The van der Waals surface area contributed by atoms with Crippen LogP contribution in [0.4, 0.5) is 11.4 Å². The lowest BCUT2D eigenvalue weighted by Crippen LogP contribution is -2.44. The third-order valence-electron chi connectivity index (χ3n) is 7.75. The number of ether oxygens (including phenoxy) is 1. The molecule has 0 aromatic heterocycles. The Morgan fingerprint density at radius 3 is 2.39 bits per heavy atom.